The number of aliphatic imine (C=N–C) groups is 1. The van der Waals surface area contributed by atoms with E-state index in [1.54, 1.807) is 0 Å². The lowest BCUT2D eigenvalue weighted by atomic mass is 10.1. The van der Waals surface area contributed by atoms with Gasteiger partial charge in [-0.05, 0) is 56.6 Å². The van der Waals surface area contributed by atoms with Crippen LogP contribution in [0.25, 0.3) is 0 Å². The number of benzene rings is 1. The largest absolute Gasteiger partial charge is 0.356 e. The van der Waals surface area contributed by atoms with Crippen LogP contribution in [-0.4, -0.2) is 50.6 Å². The van der Waals surface area contributed by atoms with Crippen LogP contribution in [-0.2, 0) is 6.42 Å². The molecule has 0 amide bonds. The highest BCUT2D eigenvalue weighted by atomic mass is 35.5. The molecule has 0 aromatic heterocycles. The predicted octanol–water partition coefficient (Wildman–Crippen LogP) is 3.17. The monoisotopic (exact) mass is 338 g/mol. The lowest BCUT2D eigenvalue weighted by molar-refractivity contribution is 0.297. The molecule has 0 aliphatic carbocycles. The molecule has 2 N–H and O–H groups in total. The van der Waals surface area contributed by atoms with Gasteiger partial charge >= 0.3 is 0 Å². The lowest BCUT2D eigenvalue weighted by Crippen LogP contribution is -2.38. The van der Waals surface area contributed by atoms with Crippen LogP contribution in [0.4, 0.5) is 0 Å². The smallest absolute Gasteiger partial charge is 0.190 e. The van der Waals surface area contributed by atoms with E-state index in [-0.39, 0.29) is 0 Å². The third kappa shape index (κ3) is 8.82. The quantitative estimate of drug-likeness (QED) is 0.391. The van der Waals surface area contributed by atoms with Crippen LogP contribution in [0.3, 0.4) is 0 Å². The summed E-state index contributed by atoms with van der Waals surface area (Å²) in [6.07, 6.45) is 3.31. The van der Waals surface area contributed by atoms with E-state index >= 15 is 0 Å². The number of guanidine groups is 1. The fourth-order valence-electron chi connectivity index (χ4n) is 2.45. The third-order valence-electron chi connectivity index (χ3n) is 3.91. The molecule has 23 heavy (non-hydrogen) atoms. The van der Waals surface area contributed by atoms with E-state index in [2.05, 4.69) is 40.4 Å². The Kier molecular flexibility index (Phi) is 10.5. The summed E-state index contributed by atoms with van der Waals surface area (Å²) in [6, 6.07) is 7.99. The molecule has 130 valence electrons. The Hall–Kier alpha value is -1.26. The average molecular weight is 339 g/mol. The number of nitrogens with one attached hydrogen (secondary N) is 2. The second kappa shape index (κ2) is 12.2. The first-order chi connectivity index (χ1) is 11.2. The molecular formula is C18H31ClN4. The molecule has 0 saturated carbocycles. The minimum Gasteiger partial charge on any atom is -0.356 e. The zero-order chi connectivity index (χ0) is 16.9. The van der Waals surface area contributed by atoms with Crippen LogP contribution >= 0.6 is 11.6 Å². The Morgan fingerprint density at radius 3 is 2.52 bits per heavy atom. The van der Waals surface area contributed by atoms with Crippen molar-refractivity contribution >= 4 is 17.6 Å². The Bertz CT molecular complexity index is 458. The molecule has 1 aromatic carbocycles. The molecule has 0 bridgehead atoms. The molecular weight excluding hydrogens is 308 g/mol. The van der Waals surface area contributed by atoms with Crippen molar-refractivity contribution in [2.24, 2.45) is 4.99 Å². The normalized spacial score (nSPS) is 11.8. The summed E-state index contributed by atoms with van der Waals surface area (Å²) in [4.78, 5) is 6.72. The molecule has 0 radical (unpaired) electrons. The van der Waals surface area contributed by atoms with E-state index in [0.717, 1.165) is 50.0 Å². The standard InChI is InChI=1S/C18H31ClN4/c1-4-23(5-2)14-7-6-12-21-18(20-3)22-13-11-16-9-8-10-17(19)15-16/h8-10,15H,4-7,11-14H2,1-3H3,(H2,20,21,22). The van der Waals surface area contributed by atoms with Crippen molar-refractivity contribution in [1.29, 1.82) is 0 Å². The van der Waals surface area contributed by atoms with Gasteiger partial charge in [0.1, 0.15) is 0 Å². The highest BCUT2D eigenvalue weighted by Gasteiger charge is 2.00. The molecule has 0 heterocycles. The zero-order valence-electron chi connectivity index (χ0n) is 14.7. The summed E-state index contributed by atoms with van der Waals surface area (Å²) in [5, 5.41) is 7.51. The maximum atomic E-state index is 6.00. The Labute approximate surface area is 146 Å². The SMILES string of the molecule is CCN(CC)CCCCNC(=NC)NCCc1cccc(Cl)c1. The molecule has 0 fully saturated rings. The first-order valence-electron chi connectivity index (χ1n) is 8.60. The van der Waals surface area contributed by atoms with Gasteiger partial charge < -0.3 is 15.5 Å². The number of unbranched alkanes of at least 4 members (excludes halogenated alkanes) is 1. The van der Waals surface area contributed by atoms with Crippen LogP contribution in [0.1, 0.15) is 32.3 Å². The Morgan fingerprint density at radius 2 is 1.87 bits per heavy atom. The van der Waals surface area contributed by atoms with Gasteiger partial charge in [0.2, 0.25) is 0 Å². The highest BCUT2D eigenvalue weighted by molar-refractivity contribution is 6.30. The van der Waals surface area contributed by atoms with Crippen molar-refractivity contribution < 1.29 is 0 Å². The van der Waals surface area contributed by atoms with E-state index in [1.807, 2.05) is 25.2 Å². The fourth-order valence-corrected chi connectivity index (χ4v) is 2.66. The van der Waals surface area contributed by atoms with Crippen molar-refractivity contribution in [2.75, 3.05) is 39.8 Å². The van der Waals surface area contributed by atoms with Crippen LogP contribution in [0.15, 0.2) is 29.3 Å². The molecule has 0 unspecified atom stereocenters. The Balaban J connectivity index is 2.15. The topological polar surface area (TPSA) is 39.7 Å². The summed E-state index contributed by atoms with van der Waals surface area (Å²) in [5.41, 5.74) is 1.24. The van der Waals surface area contributed by atoms with Crippen molar-refractivity contribution in [3.05, 3.63) is 34.9 Å². The van der Waals surface area contributed by atoms with E-state index in [0.29, 0.717) is 0 Å². The van der Waals surface area contributed by atoms with Crippen LogP contribution in [0, 0.1) is 0 Å². The molecule has 1 rings (SSSR count). The molecule has 0 saturated heterocycles. The highest BCUT2D eigenvalue weighted by Crippen LogP contribution is 2.10. The van der Waals surface area contributed by atoms with Crippen LogP contribution in [0.5, 0.6) is 0 Å². The number of halogens is 1. The van der Waals surface area contributed by atoms with Crippen LogP contribution < -0.4 is 10.6 Å². The van der Waals surface area contributed by atoms with Crippen molar-refractivity contribution in [2.45, 2.75) is 33.1 Å². The van der Waals surface area contributed by atoms with Gasteiger partial charge in [0.25, 0.3) is 0 Å². The first-order valence-corrected chi connectivity index (χ1v) is 8.98. The second-order valence-corrected chi connectivity index (χ2v) is 5.98. The van der Waals surface area contributed by atoms with E-state index < -0.39 is 0 Å². The van der Waals surface area contributed by atoms with Gasteiger partial charge in [0.15, 0.2) is 5.96 Å². The number of rotatable bonds is 10. The van der Waals surface area contributed by atoms with Crippen LogP contribution in [0.2, 0.25) is 5.02 Å². The van der Waals surface area contributed by atoms with Gasteiger partial charge in [0, 0.05) is 25.2 Å². The number of hydrogen-bond donors (Lipinski definition) is 2. The van der Waals surface area contributed by atoms with E-state index in [4.69, 9.17) is 11.6 Å². The summed E-state index contributed by atoms with van der Waals surface area (Å²) in [7, 11) is 1.81. The Morgan fingerprint density at radius 1 is 1.13 bits per heavy atom. The molecule has 1 aromatic rings. The minimum absolute atomic E-state index is 0.790. The average Bonchev–Trinajstić information content (AvgIpc) is 2.56. The summed E-state index contributed by atoms with van der Waals surface area (Å²) in [6.45, 7) is 9.68. The van der Waals surface area contributed by atoms with Gasteiger partial charge in [-0.15, -0.1) is 0 Å². The first kappa shape index (κ1) is 19.8. The maximum Gasteiger partial charge on any atom is 0.190 e. The van der Waals surface area contributed by atoms with Gasteiger partial charge in [-0.3, -0.25) is 4.99 Å². The zero-order valence-corrected chi connectivity index (χ0v) is 15.5. The predicted molar refractivity (Wildman–Crippen MR) is 102 cm³/mol. The van der Waals surface area contributed by atoms with Gasteiger partial charge in [-0.25, -0.2) is 0 Å². The van der Waals surface area contributed by atoms with Gasteiger partial charge in [-0.2, -0.15) is 0 Å². The van der Waals surface area contributed by atoms with Crippen molar-refractivity contribution in [3.8, 4) is 0 Å². The van der Waals surface area contributed by atoms with Gasteiger partial charge in [0.05, 0.1) is 0 Å². The van der Waals surface area contributed by atoms with Gasteiger partial charge in [-0.1, -0.05) is 37.6 Å². The van der Waals surface area contributed by atoms with E-state index in [1.165, 1.54) is 18.5 Å². The summed E-state index contributed by atoms with van der Waals surface area (Å²) >= 11 is 6.00. The minimum atomic E-state index is 0.790. The summed E-state index contributed by atoms with van der Waals surface area (Å²) < 4.78 is 0. The lowest BCUT2D eigenvalue weighted by Gasteiger charge is -2.18. The number of nitrogens with zero attached hydrogens (tertiary/aromatic N) is 2. The summed E-state index contributed by atoms with van der Waals surface area (Å²) in [5.74, 6) is 0.870. The number of hydrogen-bond acceptors (Lipinski definition) is 2. The van der Waals surface area contributed by atoms with Crippen molar-refractivity contribution in [1.82, 2.24) is 15.5 Å². The molecule has 0 spiro atoms. The second-order valence-electron chi connectivity index (χ2n) is 5.54. The molecule has 0 atom stereocenters. The molecule has 5 heteroatoms. The third-order valence-corrected chi connectivity index (χ3v) is 4.14. The van der Waals surface area contributed by atoms with E-state index in [9.17, 15) is 0 Å². The maximum absolute atomic E-state index is 6.00. The molecule has 4 nitrogen and oxygen atoms in total. The molecule has 0 aliphatic heterocycles. The van der Waals surface area contributed by atoms with Crippen molar-refractivity contribution in [3.63, 3.8) is 0 Å². The fraction of sp³-hybridized carbons (Fsp3) is 0.611. The molecule has 0 aliphatic rings.